The smallest absolute Gasteiger partial charge is 0.213 e. The molecule has 2 aromatic heterocycles. The molecular weight excluding hydrogens is 376 g/mol. The van der Waals surface area contributed by atoms with Crippen molar-refractivity contribution in [1.82, 2.24) is 9.97 Å². The van der Waals surface area contributed by atoms with Gasteiger partial charge in [-0.2, -0.15) is 5.26 Å². The molecule has 1 aromatic carbocycles. The van der Waals surface area contributed by atoms with Crippen LogP contribution in [0.2, 0.25) is 0 Å². The zero-order valence-electron chi connectivity index (χ0n) is 16.3. The average Bonchev–Trinajstić information content (AvgIpc) is 2.83. The largest absolute Gasteiger partial charge is 0.481 e. The lowest BCUT2D eigenvalue weighted by atomic mass is 9.89. The second-order valence-electron chi connectivity index (χ2n) is 6.60. The lowest BCUT2D eigenvalue weighted by molar-refractivity contribution is -0.107. The molecule has 4 rings (SSSR count). The van der Waals surface area contributed by atoms with Gasteiger partial charge in [-0.1, -0.05) is 24.3 Å². The van der Waals surface area contributed by atoms with E-state index in [0.29, 0.717) is 17.0 Å². The SMILES string of the molecule is COc1ccc(N2C=C(c3ccccn3)C=C(c3ccccc3C#N)C2C=O)cn1. The van der Waals surface area contributed by atoms with Gasteiger partial charge in [-0.05, 0) is 41.5 Å². The Labute approximate surface area is 174 Å². The van der Waals surface area contributed by atoms with E-state index in [1.54, 1.807) is 31.6 Å². The highest BCUT2D eigenvalue weighted by atomic mass is 16.5. The van der Waals surface area contributed by atoms with E-state index in [4.69, 9.17) is 4.74 Å². The third-order valence-electron chi connectivity index (χ3n) is 4.88. The molecule has 0 spiro atoms. The predicted octanol–water partition coefficient (Wildman–Crippen LogP) is 3.87. The van der Waals surface area contributed by atoms with Gasteiger partial charge in [0.05, 0.1) is 36.3 Å². The molecule has 1 aliphatic rings. The van der Waals surface area contributed by atoms with Crippen LogP contribution in [0.3, 0.4) is 0 Å². The minimum absolute atomic E-state index is 0.484. The first-order valence-electron chi connectivity index (χ1n) is 9.33. The van der Waals surface area contributed by atoms with E-state index in [9.17, 15) is 10.1 Å². The number of methoxy groups -OCH3 is 1. The van der Waals surface area contributed by atoms with Gasteiger partial charge in [-0.25, -0.2) is 4.98 Å². The maximum atomic E-state index is 12.2. The first-order chi connectivity index (χ1) is 14.7. The van der Waals surface area contributed by atoms with Crippen LogP contribution < -0.4 is 9.64 Å². The molecule has 0 aliphatic carbocycles. The number of ether oxygens (including phenoxy) is 1. The molecule has 0 fully saturated rings. The molecular formula is C24H18N4O2. The highest BCUT2D eigenvalue weighted by Crippen LogP contribution is 2.35. The third-order valence-corrected chi connectivity index (χ3v) is 4.88. The highest BCUT2D eigenvalue weighted by molar-refractivity contribution is 5.99. The van der Waals surface area contributed by atoms with E-state index in [0.717, 1.165) is 28.8 Å². The fraction of sp³-hybridized carbons (Fsp3) is 0.0833. The number of anilines is 1. The van der Waals surface area contributed by atoms with Gasteiger partial charge in [0.15, 0.2) is 0 Å². The number of allylic oxidation sites excluding steroid dienone is 2. The number of benzene rings is 1. The maximum Gasteiger partial charge on any atom is 0.213 e. The number of pyridine rings is 2. The summed E-state index contributed by atoms with van der Waals surface area (Å²) in [4.78, 5) is 22.8. The van der Waals surface area contributed by atoms with Crippen molar-refractivity contribution in [3.63, 3.8) is 0 Å². The molecule has 0 amide bonds. The standard InChI is InChI=1S/C24H18N4O2/c1-30-24-10-9-19(14-27-24)28-15-18(22-8-4-5-11-26-22)12-21(23(28)16-29)20-7-3-2-6-17(20)13-25/h2-12,14-16,23H,1H3. The topological polar surface area (TPSA) is 79.1 Å². The van der Waals surface area contributed by atoms with E-state index in [1.165, 1.54) is 0 Å². The number of hydrogen-bond acceptors (Lipinski definition) is 6. The molecule has 146 valence electrons. The molecule has 30 heavy (non-hydrogen) atoms. The van der Waals surface area contributed by atoms with Gasteiger partial charge in [-0.3, -0.25) is 4.98 Å². The highest BCUT2D eigenvalue weighted by Gasteiger charge is 2.28. The average molecular weight is 394 g/mol. The molecule has 0 N–H and O–H groups in total. The minimum atomic E-state index is -0.623. The zero-order chi connectivity index (χ0) is 20.9. The summed E-state index contributed by atoms with van der Waals surface area (Å²) < 4.78 is 5.15. The number of hydrogen-bond donors (Lipinski definition) is 0. The van der Waals surface area contributed by atoms with Crippen molar-refractivity contribution in [2.45, 2.75) is 6.04 Å². The number of carbonyl (C=O) groups is 1. The van der Waals surface area contributed by atoms with Crippen LogP contribution in [0.4, 0.5) is 5.69 Å². The monoisotopic (exact) mass is 394 g/mol. The minimum Gasteiger partial charge on any atom is -0.481 e. The van der Waals surface area contributed by atoms with Gasteiger partial charge in [0.1, 0.15) is 12.3 Å². The second kappa shape index (κ2) is 8.41. The summed E-state index contributed by atoms with van der Waals surface area (Å²) in [7, 11) is 1.55. The van der Waals surface area contributed by atoms with E-state index in [1.807, 2.05) is 59.6 Å². The van der Waals surface area contributed by atoms with E-state index >= 15 is 0 Å². The van der Waals surface area contributed by atoms with Crippen LogP contribution in [0.5, 0.6) is 5.88 Å². The van der Waals surface area contributed by atoms with E-state index in [-0.39, 0.29) is 0 Å². The van der Waals surface area contributed by atoms with Crippen molar-refractivity contribution in [2.75, 3.05) is 12.0 Å². The van der Waals surface area contributed by atoms with Crippen LogP contribution in [-0.2, 0) is 4.79 Å². The summed E-state index contributed by atoms with van der Waals surface area (Å²) in [6, 6.07) is 18.1. The van der Waals surface area contributed by atoms with Crippen molar-refractivity contribution in [3.05, 3.63) is 96.1 Å². The molecule has 1 atom stereocenters. The second-order valence-corrected chi connectivity index (χ2v) is 6.60. The lowest BCUT2D eigenvalue weighted by Crippen LogP contribution is -2.36. The van der Waals surface area contributed by atoms with Crippen LogP contribution >= 0.6 is 0 Å². The predicted molar refractivity (Wildman–Crippen MR) is 114 cm³/mol. The van der Waals surface area contributed by atoms with Gasteiger partial charge in [-0.15, -0.1) is 0 Å². The fourth-order valence-electron chi connectivity index (χ4n) is 3.43. The lowest BCUT2D eigenvalue weighted by Gasteiger charge is -2.33. The quantitative estimate of drug-likeness (QED) is 0.611. The summed E-state index contributed by atoms with van der Waals surface area (Å²) in [5.41, 5.74) is 4.26. The van der Waals surface area contributed by atoms with Crippen molar-refractivity contribution >= 4 is 23.1 Å². The number of nitrogens with zero attached hydrogens (tertiary/aromatic N) is 4. The summed E-state index contributed by atoms with van der Waals surface area (Å²) in [6.07, 6.45) is 8.04. The third kappa shape index (κ3) is 3.56. The first kappa shape index (κ1) is 19.1. The van der Waals surface area contributed by atoms with Gasteiger partial charge >= 0.3 is 0 Å². The Morgan fingerprint density at radius 2 is 1.93 bits per heavy atom. The Bertz CT molecular complexity index is 1160. The summed E-state index contributed by atoms with van der Waals surface area (Å²) in [5.74, 6) is 0.484. The van der Waals surface area contributed by atoms with Crippen LogP contribution in [0.15, 0.2) is 79.3 Å². The number of aromatic nitrogens is 2. The van der Waals surface area contributed by atoms with Gasteiger partial charge in [0.25, 0.3) is 0 Å². The Hall–Kier alpha value is -4.24. The normalized spacial score (nSPS) is 15.6. The number of rotatable bonds is 5. The molecule has 6 nitrogen and oxygen atoms in total. The molecule has 3 aromatic rings. The molecule has 3 heterocycles. The molecule has 1 unspecified atom stereocenters. The molecule has 0 radical (unpaired) electrons. The number of carbonyl (C=O) groups excluding carboxylic acids is 1. The van der Waals surface area contributed by atoms with Crippen LogP contribution in [0, 0.1) is 11.3 Å². The van der Waals surface area contributed by atoms with Crippen molar-refractivity contribution in [1.29, 1.82) is 5.26 Å². The molecule has 0 bridgehead atoms. The van der Waals surface area contributed by atoms with Crippen molar-refractivity contribution in [3.8, 4) is 11.9 Å². The molecule has 0 saturated carbocycles. The Kier molecular flexibility index (Phi) is 5.35. The maximum absolute atomic E-state index is 12.2. The summed E-state index contributed by atoms with van der Waals surface area (Å²) in [6.45, 7) is 0. The molecule has 6 heteroatoms. The molecule has 0 saturated heterocycles. The zero-order valence-corrected chi connectivity index (χ0v) is 16.3. The number of nitriles is 1. The Morgan fingerprint density at radius 1 is 1.10 bits per heavy atom. The fourth-order valence-corrected chi connectivity index (χ4v) is 3.43. The Balaban J connectivity index is 1.90. The first-order valence-corrected chi connectivity index (χ1v) is 9.33. The Morgan fingerprint density at radius 3 is 2.60 bits per heavy atom. The van der Waals surface area contributed by atoms with Crippen LogP contribution in [0.1, 0.15) is 16.8 Å². The van der Waals surface area contributed by atoms with Gasteiger partial charge < -0.3 is 14.4 Å². The van der Waals surface area contributed by atoms with Crippen LogP contribution in [-0.4, -0.2) is 29.4 Å². The van der Waals surface area contributed by atoms with Gasteiger partial charge in [0, 0.05) is 24.0 Å². The van der Waals surface area contributed by atoms with Crippen molar-refractivity contribution < 1.29 is 9.53 Å². The van der Waals surface area contributed by atoms with Crippen molar-refractivity contribution in [2.24, 2.45) is 0 Å². The summed E-state index contributed by atoms with van der Waals surface area (Å²) in [5, 5.41) is 9.60. The van der Waals surface area contributed by atoms with Crippen LogP contribution in [0.25, 0.3) is 11.1 Å². The summed E-state index contributed by atoms with van der Waals surface area (Å²) >= 11 is 0. The number of aldehydes is 1. The van der Waals surface area contributed by atoms with Gasteiger partial charge in [0.2, 0.25) is 5.88 Å². The van der Waals surface area contributed by atoms with E-state index < -0.39 is 6.04 Å². The van der Waals surface area contributed by atoms with E-state index in [2.05, 4.69) is 16.0 Å². The molecule has 1 aliphatic heterocycles.